The molecule has 90 valence electrons. The van der Waals surface area contributed by atoms with Crippen molar-refractivity contribution in [1.29, 1.82) is 0 Å². The standard InChI is InChI=1S/C11H14N4O2/c1-3-16-9-6-8(4-5-13-9)10-14-11(7(2)12)17-15-10/h4-7H,3,12H2,1-2H3/t7-/m0/s1. The summed E-state index contributed by atoms with van der Waals surface area (Å²) in [5, 5.41) is 3.86. The van der Waals surface area contributed by atoms with Crippen molar-refractivity contribution in [1.82, 2.24) is 15.1 Å². The van der Waals surface area contributed by atoms with Gasteiger partial charge in [0.15, 0.2) is 0 Å². The van der Waals surface area contributed by atoms with Crippen LogP contribution in [0.3, 0.4) is 0 Å². The van der Waals surface area contributed by atoms with Gasteiger partial charge in [-0.15, -0.1) is 0 Å². The maximum absolute atomic E-state index is 5.65. The Labute approximate surface area is 98.8 Å². The Bertz CT molecular complexity index is 496. The molecule has 0 aromatic carbocycles. The highest BCUT2D eigenvalue weighted by molar-refractivity contribution is 5.55. The lowest BCUT2D eigenvalue weighted by Crippen LogP contribution is -2.04. The van der Waals surface area contributed by atoms with E-state index in [1.54, 1.807) is 25.3 Å². The van der Waals surface area contributed by atoms with Crippen LogP contribution in [-0.4, -0.2) is 21.7 Å². The summed E-state index contributed by atoms with van der Waals surface area (Å²) in [5.41, 5.74) is 6.44. The predicted octanol–water partition coefficient (Wildman–Crippen LogP) is 1.55. The van der Waals surface area contributed by atoms with E-state index in [2.05, 4.69) is 15.1 Å². The first kappa shape index (κ1) is 11.5. The van der Waals surface area contributed by atoms with Gasteiger partial charge in [-0.05, 0) is 19.9 Å². The summed E-state index contributed by atoms with van der Waals surface area (Å²) in [7, 11) is 0. The predicted molar refractivity (Wildman–Crippen MR) is 61.3 cm³/mol. The summed E-state index contributed by atoms with van der Waals surface area (Å²) in [4.78, 5) is 8.26. The number of rotatable bonds is 4. The number of hydrogen-bond donors (Lipinski definition) is 1. The van der Waals surface area contributed by atoms with Crippen molar-refractivity contribution in [3.8, 4) is 17.3 Å². The summed E-state index contributed by atoms with van der Waals surface area (Å²) in [6.45, 7) is 4.25. The summed E-state index contributed by atoms with van der Waals surface area (Å²) < 4.78 is 10.3. The third-order valence-electron chi connectivity index (χ3n) is 2.12. The second-order valence-corrected chi connectivity index (χ2v) is 3.56. The molecular weight excluding hydrogens is 220 g/mol. The van der Waals surface area contributed by atoms with Crippen molar-refractivity contribution in [2.24, 2.45) is 5.73 Å². The van der Waals surface area contributed by atoms with Gasteiger partial charge in [0.25, 0.3) is 0 Å². The molecule has 2 aromatic rings. The van der Waals surface area contributed by atoms with E-state index < -0.39 is 0 Å². The second kappa shape index (κ2) is 4.92. The maximum Gasteiger partial charge on any atom is 0.243 e. The monoisotopic (exact) mass is 234 g/mol. The minimum atomic E-state index is -0.274. The van der Waals surface area contributed by atoms with Crippen molar-refractivity contribution in [3.63, 3.8) is 0 Å². The summed E-state index contributed by atoms with van der Waals surface area (Å²) in [6.07, 6.45) is 1.64. The molecular formula is C11H14N4O2. The van der Waals surface area contributed by atoms with Gasteiger partial charge in [-0.3, -0.25) is 0 Å². The molecule has 0 spiro atoms. The highest BCUT2D eigenvalue weighted by Gasteiger charge is 2.12. The van der Waals surface area contributed by atoms with Crippen LogP contribution >= 0.6 is 0 Å². The first-order valence-corrected chi connectivity index (χ1v) is 5.39. The normalized spacial score (nSPS) is 12.4. The lowest BCUT2D eigenvalue weighted by Gasteiger charge is -2.01. The molecule has 0 amide bonds. The van der Waals surface area contributed by atoms with Gasteiger partial charge < -0.3 is 15.0 Å². The van der Waals surface area contributed by atoms with Crippen LogP contribution in [0.15, 0.2) is 22.9 Å². The van der Waals surface area contributed by atoms with Crippen LogP contribution < -0.4 is 10.5 Å². The van der Waals surface area contributed by atoms with E-state index in [1.165, 1.54) is 0 Å². The molecule has 0 aliphatic heterocycles. The van der Waals surface area contributed by atoms with Gasteiger partial charge in [0.2, 0.25) is 17.6 Å². The van der Waals surface area contributed by atoms with Crippen LogP contribution in [0.4, 0.5) is 0 Å². The Kier molecular flexibility index (Phi) is 3.34. The maximum atomic E-state index is 5.65. The van der Waals surface area contributed by atoms with Gasteiger partial charge >= 0.3 is 0 Å². The number of aromatic nitrogens is 3. The Hall–Kier alpha value is -1.95. The highest BCUT2D eigenvalue weighted by atomic mass is 16.5. The Morgan fingerprint density at radius 2 is 2.35 bits per heavy atom. The largest absolute Gasteiger partial charge is 0.478 e. The molecule has 1 atom stereocenters. The van der Waals surface area contributed by atoms with E-state index in [4.69, 9.17) is 15.0 Å². The van der Waals surface area contributed by atoms with E-state index >= 15 is 0 Å². The topological polar surface area (TPSA) is 87.1 Å². The van der Waals surface area contributed by atoms with E-state index in [1.807, 2.05) is 6.92 Å². The summed E-state index contributed by atoms with van der Waals surface area (Å²) >= 11 is 0. The van der Waals surface area contributed by atoms with Gasteiger partial charge in [-0.2, -0.15) is 4.98 Å². The fourth-order valence-electron chi connectivity index (χ4n) is 1.31. The Morgan fingerprint density at radius 1 is 1.53 bits per heavy atom. The number of hydrogen-bond acceptors (Lipinski definition) is 6. The molecule has 0 radical (unpaired) electrons. The first-order chi connectivity index (χ1) is 8.20. The minimum absolute atomic E-state index is 0.274. The van der Waals surface area contributed by atoms with Crippen LogP contribution in [0, 0.1) is 0 Å². The highest BCUT2D eigenvalue weighted by Crippen LogP contribution is 2.20. The summed E-state index contributed by atoms with van der Waals surface area (Å²) in [5.74, 6) is 1.44. The quantitative estimate of drug-likeness (QED) is 0.863. The Balaban J connectivity index is 2.28. The molecule has 6 heteroatoms. The smallest absolute Gasteiger partial charge is 0.243 e. The zero-order chi connectivity index (χ0) is 12.3. The van der Waals surface area contributed by atoms with Crippen LogP contribution in [0.2, 0.25) is 0 Å². The van der Waals surface area contributed by atoms with E-state index in [9.17, 15) is 0 Å². The molecule has 0 saturated carbocycles. The van der Waals surface area contributed by atoms with Crippen molar-refractivity contribution < 1.29 is 9.26 Å². The average Bonchev–Trinajstić information content (AvgIpc) is 2.79. The van der Waals surface area contributed by atoms with Gasteiger partial charge in [-0.1, -0.05) is 5.16 Å². The van der Waals surface area contributed by atoms with Crippen molar-refractivity contribution >= 4 is 0 Å². The molecule has 0 aliphatic carbocycles. The van der Waals surface area contributed by atoms with Gasteiger partial charge in [0, 0.05) is 17.8 Å². The lowest BCUT2D eigenvalue weighted by molar-refractivity contribution is 0.327. The van der Waals surface area contributed by atoms with Crippen LogP contribution in [0.5, 0.6) is 5.88 Å². The van der Waals surface area contributed by atoms with Gasteiger partial charge in [0.1, 0.15) is 0 Å². The second-order valence-electron chi connectivity index (χ2n) is 3.56. The molecule has 6 nitrogen and oxygen atoms in total. The van der Waals surface area contributed by atoms with E-state index in [0.29, 0.717) is 24.2 Å². The molecule has 0 aliphatic rings. The molecule has 2 N–H and O–H groups in total. The van der Waals surface area contributed by atoms with Gasteiger partial charge in [-0.25, -0.2) is 4.98 Å². The fraction of sp³-hybridized carbons (Fsp3) is 0.364. The Morgan fingerprint density at radius 3 is 3.00 bits per heavy atom. The van der Waals surface area contributed by atoms with Crippen LogP contribution in [0.1, 0.15) is 25.8 Å². The lowest BCUT2D eigenvalue weighted by atomic mass is 10.2. The third-order valence-corrected chi connectivity index (χ3v) is 2.12. The van der Waals surface area contributed by atoms with Crippen molar-refractivity contribution in [3.05, 3.63) is 24.2 Å². The van der Waals surface area contributed by atoms with E-state index in [0.717, 1.165) is 5.56 Å². The molecule has 0 fully saturated rings. The van der Waals surface area contributed by atoms with E-state index in [-0.39, 0.29) is 6.04 Å². The number of ether oxygens (including phenoxy) is 1. The van der Waals surface area contributed by atoms with Crippen molar-refractivity contribution in [2.75, 3.05) is 6.61 Å². The molecule has 0 unspecified atom stereocenters. The first-order valence-electron chi connectivity index (χ1n) is 5.39. The minimum Gasteiger partial charge on any atom is -0.478 e. The molecule has 2 rings (SSSR count). The number of nitrogens with zero attached hydrogens (tertiary/aromatic N) is 3. The van der Waals surface area contributed by atoms with Crippen LogP contribution in [0.25, 0.3) is 11.4 Å². The van der Waals surface area contributed by atoms with Crippen molar-refractivity contribution in [2.45, 2.75) is 19.9 Å². The van der Waals surface area contributed by atoms with Crippen LogP contribution in [-0.2, 0) is 0 Å². The molecule has 2 heterocycles. The molecule has 0 saturated heterocycles. The molecule has 2 aromatic heterocycles. The number of pyridine rings is 1. The van der Waals surface area contributed by atoms with Gasteiger partial charge in [0.05, 0.1) is 12.6 Å². The average molecular weight is 234 g/mol. The zero-order valence-corrected chi connectivity index (χ0v) is 9.75. The summed E-state index contributed by atoms with van der Waals surface area (Å²) in [6, 6.07) is 3.28. The molecule has 17 heavy (non-hydrogen) atoms. The number of nitrogens with two attached hydrogens (primary N) is 1. The molecule has 0 bridgehead atoms. The third kappa shape index (κ3) is 2.59. The SMILES string of the molecule is CCOc1cc(-c2noc([C@H](C)N)n2)ccn1. The zero-order valence-electron chi connectivity index (χ0n) is 9.75. The fourth-order valence-corrected chi connectivity index (χ4v) is 1.31.